The maximum atomic E-state index is 4.31. The van der Waals surface area contributed by atoms with Crippen LogP contribution in [0.15, 0.2) is 10.2 Å². The molecule has 0 aromatic heterocycles. The molecule has 3 saturated carbocycles. The van der Waals surface area contributed by atoms with Crippen LogP contribution in [0.5, 0.6) is 0 Å². The van der Waals surface area contributed by atoms with E-state index >= 15 is 0 Å². The molecule has 0 N–H and O–H groups in total. The summed E-state index contributed by atoms with van der Waals surface area (Å²) in [5.74, 6) is 1.85. The Labute approximate surface area is 60.7 Å². The molecule has 4 bridgehead atoms. The lowest BCUT2D eigenvalue weighted by molar-refractivity contribution is 0.0854. The molecular formula is C8H12N2. The van der Waals surface area contributed by atoms with Crippen LogP contribution in [-0.4, -0.2) is 12.1 Å². The molecule has 3 fully saturated rings. The largest absolute Gasteiger partial charge is 0.190 e. The fraction of sp³-hybridized carbons (Fsp3) is 1.00. The van der Waals surface area contributed by atoms with Gasteiger partial charge in [-0.15, -0.1) is 0 Å². The number of rotatable bonds is 0. The number of hydrogen-bond acceptors (Lipinski definition) is 2. The molecule has 5 aliphatic rings. The SMILES string of the molecule is C1C[C@@H]2C[C@@H]3N=N[C@@H]2C[C@H]13. The number of hydrogen-bond donors (Lipinski definition) is 0. The van der Waals surface area contributed by atoms with Gasteiger partial charge in [-0.2, -0.15) is 10.2 Å². The molecule has 10 heavy (non-hydrogen) atoms. The Morgan fingerprint density at radius 1 is 0.800 bits per heavy atom. The van der Waals surface area contributed by atoms with Gasteiger partial charge in [-0.25, -0.2) is 0 Å². The van der Waals surface area contributed by atoms with Crippen molar-refractivity contribution in [3.63, 3.8) is 0 Å². The van der Waals surface area contributed by atoms with Crippen LogP contribution in [-0.2, 0) is 0 Å². The van der Waals surface area contributed by atoms with Crippen LogP contribution in [0, 0.1) is 11.8 Å². The minimum atomic E-state index is 0.642. The van der Waals surface area contributed by atoms with Crippen molar-refractivity contribution < 1.29 is 0 Å². The molecule has 0 amide bonds. The Hall–Kier alpha value is -0.400. The molecule has 2 aliphatic heterocycles. The summed E-state index contributed by atoms with van der Waals surface area (Å²) < 4.78 is 0. The highest BCUT2D eigenvalue weighted by molar-refractivity contribution is 5.00. The lowest BCUT2D eigenvalue weighted by Gasteiger charge is -2.46. The van der Waals surface area contributed by atoms with E-state index in [4.69, 9.17) is 0 Å². The van der Waals surface area contributed by atoms with Crippen molar-refractivity contribution in [1.82, 2.24) is 0 Å². The molecule has 0 spiro atoms. The zero-order chi connectivity index (χ0) is 6.55. The van der Waals surface area contributed by atoms with Crippen molar-refractivity contribution in [2.24, 2.45) is 22.1 Å². The average Bonchev–Trinajstić information content (AvgIpc) is 2.05. The Balaban J connectivity index is 2.04. The lowest BCUT2D eigenvalue weighted by atomic mass is 9.65. The zero-order valence-electron chi connectivity index (χ0n) is 6.03. The van der Waals surface area contributed by atoms with E-state index in [0.29, 0.717) is 12.1 Å². The van der Waals surface area contributed by atoms with E-state index in [1.165, 1.54) is 25.7 Å². The standard InChI is InChI=1S/C8H12N2/c1-2-6-4-7-5(1)3-8(6)10-9-7/h5-8H,1-4H2/t5-,6+,7-,8+. The fourth-order valence-corrected chi connectivity index (χ4v) is 2.82. The van der Waals surface area contributed by atoms with Gasteiger partial charge in [-0.3, -0.25) is 0 Å². The van der Waals surface area contributed by atoms with E-state index in [0.717, 1.165) is 11.8 Å². The Morgan fingerprint density at radius 2 is 1.30 bits per heavy atom. The molecule has 54 valence electrons. The van der Waals surface area contributed by atoms with Crippen molar-refractivity contribution in [2.75, 3.05) is 0 Å². The summed E-state index contributed by atoms with van der Waals surface area (Å²) in [5, 5.41) is 8.61. The molecule has 2 heteroatoms. The average molecular weight is 136 g/mol. The Kier molecular flexibility index (Phi) is 0.846. The quantitative estimate of drug-likeness (QED) is 0.486. The van der Waals surface area contributed by atoms with Gasteiger partial charge in [0.05, 0.1) is 12.1 Å². The van der Waals surface area contributed by atoms with Gasteiger partial charge in [-0.1, -0.05) is 0 Å². The van der Waals surface area contributed by atoms with E-state index in [9.17, 15) is 0 Å². The summed E-state index contributed by atoms with van der Waals surface area (Å²) in [7, 11) is 0. The normalized spacial score (nSPS) is 56.0. The molecule has 2 nitrogen and oxygen atoms in total. The van der Waals surface area contributed by atoms with Crippen molar-refractivity contribution in [1.29, 1.82) is 0 Å². The first-order chi connectivity index (χ1) is 4.93. The summed E-state index contributed by atoms with van der Waals surface area (Å²) in [6.07, 6.45) is 5.59. The van der Waals surface area contributed by atoms with Gasteiger partial charge < -0.3 is 0 Å². The van der Waals surface area contributed by atoms with E-state index in [2.05, 4.69) is 10.2 Å². The first-order valence-corrected chi connectivity index (χ1v) is 4.33. The van der Waals surface area contributed by atoms with Gasteiger partial charge in [0.25, 0.3) is 0 Å². The number of nitrogens with zero attached hydrogens (tertiary/aromatic N) is 2. The van der Waals surface area contributed by atoms with Gasteiger partial charge in [0, 0.05) is 0 Å². The van der Waals surface area contributed by atoms with E-state index in [1.807, 2.05) is 0 Å². The van der Waals surface area contributed by atoms with Crippen molar-refractivity contribution >= 4 is 0 Å². The molecule has 0 unspecified atom stereocenters. The minimum Gasteiger partial charge on any atom is -0.190 e. The zero-order valence-corrected chi connectivity index (χ0v) is 6.03. The second kappa shape index (κ2) is 1.60. The van der Waals surface area contributed by atoms with Crippen molar-refractivity contribution in [3.05, 3.63) is 0 Å². The number of fused-ring (bicyclic) bond motifs is 1. The van der Waals surface area contributed by atoms with Gasteiger partial charge in [0.2, 0.25) is 0 Å². The molecule has 0 aromatic rings. The maximum Gasteiger partial charge on any atom is 0.0740 e. The second-order valence-electron chi connectivity index (χ2n) is 3.93. The highest BCUT2D eigenvalue weighted by Crippen LogP contribution is 2.47. The van der Waals surface area contributed by atoms with Crippen LogP contribution in [0.25, 0.3) is 0 Å². The Bertz CT molecular complexity index is 168. The van der Waals surface area contributed by atoms with Crippen LogP contribution < -0.4 is 0 Å². The molecule has 0 radical (unpaired) electrons. The highest BCUT2D eigenvalue weighted by Gasteiger charge is 2.44. The number of azo groups is 1. The van der Waals surface area contributed by atoms with Gasteiger partial charge in [0.1, 0.15) is 0 Å². The lowest BCUT2D eigenvalue weighted by Crippen LogP contribution is -2.45. The predicted molar refractivity (Wildman–Crippen MR) is 37.9 cm³/mol. The van der Waals surface area contributed by atoms with E-state index in [1.54, 1.807) is 0 Å². The third-order valence-electron chi connectivity index (χ3n) is 3.45. The summed E-state index contributed by atoms with van der Waals surface area (Å²) >= 11 is 0. The van der Waals surface area contributed by atoms with Gasteiger partial charge in [0.15, 0.2) is 0 Å². The molecule has 4 atom stereocenters. The maximum absolute atomic E-state index is 4.31. The second-order valence-corrected chi connectivity index (χ2v) is 3.93. The minimum absolute atomic E-state index is 0.642. The molecule has 2 heterocycles. The predicted octanol–water partition coefficient (Wildman–Crippen LogP) is 2.01. The van der Waals surface area contributed by atoms with Crippen LogP contribution in [0.4, 0.5) is 0 Å². The fourth-order valence-electron chi connectivity index (χ4n) is 2.82. The van der Waals surface area contributed by atoms with E-state index < -0.39 is 0 Å². The van der Waals surface area contributed by atoms with Gasteiger partial charge >= 0.3 is 0 Å². The van der Waals surface area contributed by atoms with Gasteiger partial charge in [-0.05, 0) is 37.5 Å². The van der Waals surface area contributed by atoms with Crippen LogP contribution in [0.3, 0.4) is 0 Å². The summed E-state index contributed by atoms with van der Waals surface area (Å²) in [6, 6.07) is 1.28. The third-order valence-corrected chi connectivity index (χ3v) is 3.45. The topological polar surface area (TPSA) is 24.7 Å². The summed E-state index contributed by atoms with van der Waals surface area (Å²) in [6.45, 7) is 0. The van der Waals surface area contributed by atoms with Crippen LogP contribution >= 0.6 is 0 Å². The molecule has 5 rings (SSSR count). The van der Waals surface area contributed by atoms with Crippen molar-refractivity contribution in [2.45, 2.75) is 37.8 Å². The molecular weight excluding hydrogens is 124 g/mol. The monoisotopic (exact) mass is 136 g/mol. The molecule has 0 saturated heterocycles. The Morgan fingerprint density at radius 3 is 1.60 bits per heavy atom. The smallest absolute Gasteiger partial charge is 0.0740 e. The molecule has 3 aliphatic carbocycles. The van der Waals surface area contributed by atoms with Crippen molar-refractivity contribution in [3.8, 4) is 0 Å². The molecule has 0 aromatic carbocycles. The first kappa shape index (κ1) is 5.28. The highest BCUT2D eigenvalue weighted by atomic mass is 15.2. The van der Waals surface area contributed by atoms with E-state index in [-0.39, 0.29) is 0 Å². The third kappa shape index (κ3) is 0.505. The first-order valence-electron chi connectivity index (χ1n) is 4.33. The van der Waals surface area contributed by atoms with Crippen LogP contribution in [0.1, 0.15) is 25.7 Å². The van der Waals surface area contributed by atoms with Crippen LogP contribution in [0.2, 0.25) is 0 Å². The summed E-state index contributed by atoms with van der Waals surface area (Å²) in [5.41, 5.74) is 0. The summed E-state index contributed by atoms with van der Waals surface area (Å²) in [4.78, 5) is 0.